The van der Waals surface area contributed by atoms with Crippen molar-refractivity contribution in [1.29, 1.82) is 0 Å². The second-order valence-corrected chi connectivity index (χ2v) is 64.2. The molecule has 16 rings (SSSR count). The van der Waals surface area contributed by atoms with Gasteiger partial charge in [0.1, 0.15) is 0 Å². The van der Waals surface area contributed by atoms with E-state index in [1.807, 2.05) is 0 Å². The lowest BCUT2D eigenvalue weighted by Gasteiger charge is -2.42. The van der Waals surface area contributed by atoms with Crippen LogP contribution in [0.2, 0.25) is 0 Å². The van der Waals surface area contributed by atoms with Crippen LogP contribution in [0.15, 0.2) is 0 Å². The molecule has 0 aromatic rings. The first-order chi connectivity index (χ1) is 61.2. The van der Waals surface area contributed by atoms with Crippen LogP contribution in [0.3, 0.4) is 0 Å². The monoisotopic (exact) mass is 1900 g/mol. The van der Waals surface area contributed by atoms with Crippen molar-refractivity contribution in [1.82, 2.24) is 63.7 Å². The number of fused-ring (bicyclic) bond motifs is 8. The molecule has 16 heteroatoms. The molecular weight excluding hydrogens is 1670 g/mol. The summed E-state index contributed by atoms with van der Waals surface area (Å²) in [6, 6.07) is 0. The highest BCUT2D eigenvalue weighted by Gasteiger charge is 2.55. The Morgan fingerprint density at radius 2 is 0.382 bits per heavy atom. The summed E-state index contributed by atoms with van der Waals surface area (Å²) in [6.07, 6.45) is 14.6. The number of carbonyl (C=O) groups excluding carboxylic acids is 3. The third kappa shape index (κ3) is 31.1. The molecule has 0 radical (unpaired) electrons. The number of nitrogens with zero attached hydrogens (tertiary/aromatic N) is 13. The fourth-order valence-electron chi connectivity index (χ4n) is 27.1. The number of piperidine rings is 4. The van der Waals surface area contributed by atoms with Gasteiger partial charge in [0.05, 0.1) is 5.92 Å². The summed E-state index contributed by atoms with van der Waals surface area (Å²) in [7, 11) is 0. The van der Waals surface area contributed by atoms with Crippen molar-refractivity contribution in [3.8, 4) is 0 Å². The molecule has 16 nitrogen and oxygen atoms in total. The molecule has 0 spiro atoms. The lowest BCUT2D eigenvalue weighted by atomic mass is 9.66. The van der Waals surface area contributed by atoms with Crippen molar-refractivity contribution in [3.05, 3.63) is 0 Å². The van der Waals surface area contributed by atoms with Crippen LogP contribution in [0.1, 0.15) is 403 Å². The maximum atomic E-state index is 12.6. The van der Waals surface area contributed by atoms with Crippen molar-refractivity contribution in [2.45, 2.75) is 475 Å². The van der Waals surface area contributed by atoms with E-state index in [1.54, 1.807) is 0 Å². The van der Waals surface area contributed by atoms with Gasteiger partial charge in [0, 0.05) is 221 Å². The van der Waals surface area contributed by atoms with Crippen LogP contribution in [-0.2, 0) is 14.4 Å². The summed E-state index contributed by atoms with van der Waals surface area (Å²) < 4.78 is 0. The predicted octanol–water partition coefficient (Wildman–Crippen LogP) is 24.1. The minimum Gasteiger partial charge on any atom is -0.338 e. The van der Waals surface area contributed by atoms with Gasteiger partial charge in [0.25, 0.3) is 0 Å². The molecule has 15 unspecified atom stereocenters. The number of hydrogen-bond acceptors (Lipinski definition) is 13. The highest BCUT2D eigenvalue weighted by molar-refractivity contribution is 5.83. The zero-order chi connectivity index (χ0) is 103. The second kappa shape index (κ2) is 42.7. The first kappa shape index (κ1) is 118. The van der Waals surface area contributed by atoms with Crippen LogP contribution in [0.4, 0.5) is 0 Å². The summed E-state index contributed by atoms with van der Waals surface area (Å²) in [4.78, 5) is 69.9. The van der Waals surface area contributed by atoms with Crippen LogP contribution < -0.4 is 0 Å². The first-order valence-electron chi connectivity index (χ1n) is 56.6. The maximum Gasteiger partial charge on any atom is 0.227 e. The van der Waals surface area contributed by atoms with Crippen LogP contribution in [-0.4, -0.2) is 304 Å². The van der Waals surface area contributed by atoms with Crippen molar-refractivity contribution in [2.75, 3.05) is 151 Å². The molecule has 3 amide bonds. The smallest absolute Gasteiger partial charge is 0.227 e. The van der Waals surface area contributed by atoms with Crippen molar-refractivity contribution in [2.24, 2.45) is 129 Å². The van der Waals surface area contributed by atoms with Gasteiger partial charge in [-0.15, -0.1) is 0 Å². The fourth-order valence-corrected chi connectivity index (χ4v) is 27.1. The number of carbonyl (C=O) groups is 3. The van der Waals surface area contributed by atoms with Gasteiger partial charge in [-0.2, -0.15) is 0 Å². The van der Waals surface area contributed by atoms with Gasteiger partial charge in [0.15, 0.2) is 0 Å². The summed E-state index contributed by atoms with van der Waals surface area (Å²) in [5.41, 5.74) is 4.65. The minimum absolute atomic E-state index is 0.0268. The van der Waals surface area contributed by atoms with E-state index in [-0.39, 0.29) is 45.1 Å². The summed E-state index contributed by atoms with van der Waals surface area (Å²) in [6.45, 7) is 139. The second-order valence-electron chi connectivity index (χ2n) is 64.2. The zero-order valence-corrected chi connectivity index (χ0v) is 99.5. The molecule has 0 bridgehead atoms. The Labute approximate surface area is 844 Å². The number of likely N-dealkylation sites (tertiary alicyclic amines) is 13. The van der Waals surface area contributed by atoms with Gasteiger partial charge in [0.2, 0.25) is 17.7 Å². The summed E-state index contributed by atoms with van der Waals surface area (Å²) >= 11 is 0. The van der Waals surface area contributed by atoms with Crippen LogP contribution >= 0.6 is 0 Å². The van der Waals surface area contributed by atoms with Crippen molar-refractivity contribution >= 4 is 17.7 Å². The lowest BCUT2D eigenvalue weighted by molar-refractivity contribution is -0.142. The van der Waals surface area contributed by atoms with E-state index in [4.69, 9.17) is 0 Å². The topological polar surface area (TPSA) is 93.3 Å². The Morgan fingerprint density at radius 3 is 0.691 bits per heavy atom. The third-order valence-corrected chi connectivity index (χ3v) is 37.7. The van der Waals surface area contributed by atoms with E-state index in [2.05, 4.69) is 396 Å². The Hall–Kier alpha value is -1.99. The van der Waals surface area contributed by atoms with E-state index in [9.17, 15) is 14.4 Å². The van der Waals surface area contributed by atoms with Crippen LogP contribution in [0.5, 0.6) is 0 Å². The van der Waals surface area contributed by atoms with E-state index in [1.165, 1.54) is 149 Å². The SMILES string of the molecule is CC(C)(C)C1CC2CN(C(C)(C)C)CC2C1.CC(C)(C)C1CC2CN(C(C)(C)C)CC2C1.CC(C)(C)C1CCC2CN(C(C)(C)C)CC2C1.CC(C)(C)N1CC2CC(=O)N(C(C)(C)C)CC2C1.CC(C)(C)N1CC2CN(C(C)(C)C)CC2C1.CC(C)(C)N1CCC2C(=O)N(C(C)(C)C)CC2C1.CC(C)(C)N1CCC2CN(C(C)(C)C)C(=O)C2C1.CC(C)(C)N1CCC2CN(C(C)(C)C)CC2C1. The van der Waals surface area contributed by atoms with Crippen LogP contribution in [0, 0.1) is 129 Å². The minimum atomic E-state index is -0.0305. The van der Waals surface area contributed by atoms with Gasteiger partial charge in [-0.05, 0) is 465 Å². The molecule has 3 saturated carbocycles. The van der Waals surface area contributed by atoms with E-state index < -0.39 is 0 Å². The number of rotatable bonds is 0. The predicted molar refractivity (Wildman–Crippen MR) is 583 cm³/mol. The number of hydrogen-bond donors (Lipinski definition) is 0. The van der Waals surface area contributed by atoms with Crippen molar-refractivity contribution in [3.63, 3.8) is 0 Å². The Balaban J connectivity index is 0.000000174. The molecule has 0 aromatic carbocycles. The Kier molecular flexibility index (Phi) is 36.9. The van der Waals surface area contributed by atoms with E-state index in [0.717, 1.165) is 149 Å². The average Bonchev–Trinajstić information content (AvgIpc) is 1.63. The van der Waals surface area contributed by atoms with Crippen LogP contribution in [0.25, 0.3) is 0 Å². The molecule has 0 aromatic heterocycles. The van der Waals surface area contributed by atoms with Gasteiger partial charge >= 0.3 is 0 Å². The normalized spacial score (nSPS) is 33.4. The number of amides is 3. The van der Waals surface area contributed by atoms with Gasteiger partial charge in [-0.25, -0.2) is 0 Å². The maximum absolute atomic E-state index is 12.6. The van der Waals surface area contributed by atoms with Gasteiger partial charge < -0.3 is 14.7 Å². The van der Waals surface area contributed by atoms with E-state index >= 15 is 0 Å². The molecular formula is C120H231N13O3. The molecule has 13 saturated heterocycles. The molecule has 16 fully saturated rings. The van der Waals surface area contributed by atoms with Crippen molar-refractivity contribution < 1.29 is 14.4 Å². The molecule has 13 aliphatic heterocycles. The molecule has 16 aliphatic rings. The largest absolute Gasteiger partial charge is 0.338 e. The average molecular weight is 1900 g/mol. The molecule has 15 atom stereocenters. The summed E-state index contributed by atoms with van der Waals surface area (Å²) in [5.74, 6) is 16.5. The Morgan fingerprint density at radius 1 is 0.169 bits per heavy atom. The van der Waals surface area contributed by atoms with E-state index in [0.29, 0.717) is 96.4 Å². The zero-order valence-electron chi connectivity index (χ0n) is 99.5. The highest BCUT2D eigenvalue weighted by Crippen LogP contribution is 2.53. The Bertz CT molecular complexity index is 3410. The third-order valence-electron chi connectivity index (χ3n) is 37.7. The van der Waals surface area contributed by atoms with Gasteiger partial charge in [-0.3, -0.25) is 63.4 Å². The summed E-state index contributed by atoms with van der Waals surface area (Å²) in [5, 5.41) is 0. The quantitative estimate of drug-likeness (QED) is 0.231. The highest BCUT2D eigenvalue weighted by atomic mass is 16.2. The lowest BCUT2D eigenvalue weighted by Crippen LogP contribution is -2.52. The molecule has 13 heterocycles. The van der Waals surface area contributed by atoms with Gasteiger partial charge in [-0.1, -0.05) is 62.3 Å². The first-order valence-corrected chi connectivity index (χ1v) is 56.6. The molecule has 794 valence electrons. The molecule has 136 heavy (non-hydrogen) atoms. The fraction of sp³-hybridized carbons (Fsp3) is 0.975. The molecule has 3 aliphatic carbocycles. The standard InChI is InChI=1S/C16H31N.3C15H28N2O.C15H30N2.2C15H29N.C14H28N2/c1-15(2,3)14-8-7-12-10-17(16(4,5)6)11-13(12)9-14;1-14(2,3)16-8-11-7-13(18)17(15(4,5)6)10-12(11)9-16;1-14(2,3)16-8-7-12-11(9-16)10-17(13(12)18)15(4,5)6;1-14(2,3)16-8-7-11-9-17(15(4,5)6)13(18)12(11)10-16;1-14(2,3)16-8-7-12-9-17(15(4,5)6)11-13(12)10-16;2*1-14(2,3)13-7-11-9-16(15(4,5)6)10-12(11)8-13;1-13(2,3)15-7-11-9-16(14(4,5)6)10-12(11)8-15/h12-14H,7-11H2,1-6H3;3*11-12H,7-10H2,1-6H3;12-13H,7-11H2,1-6H3;2*11-13H,7-10H2,1-6H3;11-12H,7-10H2,1-6H3. The molecule has 0 N–H and O–H groups in total.